The lowest BCUT2D eigenvalue weighted by Crippen LogP contribution is -2.22. The Kier molecular flexibility index (Phi) is 6.45. The molecule has 2 aromatic heterocycles. The zero-order chi connectivity index (χ0) is 23.9. The predicted molar refractivity (Wildman–Crippen MR) is 139 cm³/mol. The minimum Gasteiger partial charge on any atom is -0.382 e. The van der Waals surface area contributed by atoms with Crippen molar-refractivity contribution in [3.05, 3.63) is 79.9 Å². The molecule has 0 atom stereocenters. The highest BCUT2D eigenvalue weighted by Gasteiger charge is 2.24. The summed E-state index contributed by atoms with van der Waals surface area (Å²) < 4.78 is 31.7. The molecule has 6 nitrogen and oxygen atoms in total. The van der Waals surface area contributed by atoms with Gasteiger partial charge in [0.2, 0.25) is 0 Å². The van der Waals surface area contributed by atoms with Crippen LogP contribution in [0.15, 0.2) is 58.5 Å². The fraction of sp³-hybridized carbons (Fsp3) is 0.250. The summed E-state index contributed by atoms with van der Waals surface area (Å²) in [7, 11) is -3.83. The molecule has 4 aromatic rings. The van der Waals surface area contributed by atoms with Gasteiger partial charge in [-0.1, -0.05) is 41.1 Å². The molecule has 0 unspecified atom stereocenters. The number of benzene rings is 2. The Labute approximate surface area is 210 Å². The molecule has 0 bridgehead atoms. The minimum absolute atomic E-state index is 0.101. The molecule has 0 amide bonds. The third-order valence-corrected chi connectivity index (χ3v) is 9.39. The van der Waals surface area contributed by atoms with Crippen LogP contribution in [-0.4, -0.2) is 29.5 Å². The Balaban J connectivity index is 1.45. The van der Waals surface area contributed by atoms with Gasteiger partial charge >= 0.3 is 10.1 Å². The van der Waals surface area contributed by atoms with Crippen LogP contribution in [-0.2, 0) is 23.0 Å². The van der Waals surface area contributed by atoms with Crippen molar-refractivity contribution in [3.8, 4) is 11.4 Å². The van der Waals surface area contributed by atoms with E-state index >= 15 is 0 Å². The fourth-order valence-electron chi connectivity index (χ4n) is 3.96. The quantitative estimate of drug-likeness (QED) is 0.180. The topological polar surface area (TPSA) is 78.3 Å². The summed E-state index contributed by atoms with van der Waals surface area (Å²) in [5.74, 6) is 0.159. The largest absolute Gasteiger partial charge is 0.382 e. The summed E-state index contributed by atoms with van der Waals surface area (Å²) in [5.41, 5.74) is 2.82. The van der Waals surface area contributed by atoms with Crippen LogP contribution in [0, 0.1) is 6.92 Å². The molecule has 10 heteroatoms. The summed E-state index contributed by atoms with van der Waals surface area (Å²) in [4.78, 5) is 20.4. The van der Waals surface area contributed by atoms with Crippen molar-refractivity contribution in [2.75, 3.05) is 11.5 Å². The molecule has 0 aliphatic heterocycles. The van der Waals surface area contributed by atoms with Crippen LogP contribution in [0.4, 0.5) is 0 Å². The van der Waals surface area contributed by atoms with Gasteiger partial charge in [0.25, 0.3) is 5.56 Å². The maximum Gasteiger partial charge on any atom is 0.310 e. The summed E-state index contributed by atoms with van der Waals surface area (Å²) in [6.07, 6.45) is 2.93. The number of rotatable bonds is 7. The smallest absolute Gasteiger partial charge is 0.310 e. The van der Waals surface area contributed by atoms with Crippen molar-refractivity contribution < 1.29 is 12.6 Å². The molecule has 0 N–H and O–H groups in total. The fourth-order valence-corrected chi connectivity index (χ4v) is 7.69. The van der Waals surface area contributed by atoms with Gasteiger partial charge in [0.05, 0.1) is 16.8 Å². The Morgan fingerprint density at radius 3 is 2.59 bits per heavy atom. The van der Waals surface area contributed by atoms with Gasteiger partial charge in [0.15, 0.2) is 5.16 Å². The Morgan fingerprint density at radius 1 is 1.12 bits per heavy atom. The first-order chi connectivity index (χ1) is 16.3. The normalized spacial score (nSPS) is 13.4. The van der Waals surface area contributed by atoms with Crippen LogP contribution in [0.5, 0.6) is 5.75 Å². The molecule has 1 aliphatic carbocycles. The van der Waals surface area contributed by atoms with Crippen LogP contribution in [0.1, 0.15) is 22.4 Å². The minimum atomic E-state index is -3.83. The second-order valence-corrected chi connectivity index (χ2v) is 12.3. The lowest BCUT2D eigenvalue weighted by atomic mass is 10.2. The van der Waals surface area contributed by atoms with Gasteiger partial charge in [0, 0.05) is 15.7 Å². The summed E-state index contributed by atoms with van der Waals surface area (Å²) >= 11 is 8.65. The van der Waals surface area contributed by atoms with Crippen LogP contribution >= 0.6 is 34.7 Å². The standard InChI is InChI=1S/C24H21ClN2O4S3/c1-15-5-9-17(10-6-15)27-23(28)21-19-3-2-4-20(19)33-22(21)26-24(27)32-13-14-34(29,30)31-18-11-7-16(25)8-12-18/h5-12H,2-4,13-14H2,1H3. The summed E-state index contributed by atoms with van der Waals surface area (Å²) in [5, 5.41) is 1.67. The van der Waals surface area contributed by atoms with E-state index in [0.29, 0.717) is 21.3 Å². The molecule has 0 spiro atoms. The van der Waals surface area contributed by atoms with E-state index in [9.17, 15) is 13.2 Å². The Hall–Kier alpha value is -2.33. The Bertz CT molecular complexity index is 1530. The van der Waals surface area contributed by atoms with Crippen LogP contribution in [0.3, 0.4) is 0 Å². The van der Waals surface area contributed by atoms with Gasteiger partial charge in [0.1, 0.15) is 10.6 Å². The maximum absolute atomic E-state index is 13.6. The third-order valence-electron chi connectivity index (χ3n) is 5.60. The molecule has 5 rings (SSSR count). The van der Waals surface area contributed by atoms with Crippen LogP contribution < -0.4 is 9.74 Å². The first-order valence-corrected chi connectivity index (χ1v) is 14.5. The monoisotopic (exact) mass is 532 g/mol. The molecular formula is C24H21ClN2O4S3. The zero-order valence-corrected chi connectivity index (χ0v) is 21.5. The first-order valence-electron chi connectivity index (χ1n) is 10.8. The van der Waals surface area contributed by atoms with E-state index in [4.69, 9.17) is 20.8 Å². The van der Waals surface area contributed by atoms with E-state index in [-0.39, 0.29) is 22.8 Å². The molecule has 0 radical (unpaired) electrons. The number of aromatic nitrogens is 2. The van der Waals surface area contributed by atoms with Gasteiger partial charge in [-0.15, -0.1) is 11.3 Å². The number of thioether (sulfide) groups is 1. The molecule has 0 fully saturated rings. The second-order valence-electron chi connectivity index (χ2n) is 8.06. The predicted octanol–water partition coefficient (Wildman–Crippen LogP) is 5.40. The SMILES string of the molecule is Cc1ccc(-n2c(SCCS(=O)(=O)Oc3ccc(Cl)cc3)nc3sc4c(c3c2=O)CCC4)cc1. The summed E-state index contributed by atoms with van der Waals surface area (Å²) in [6.45, 7) is 1.99. The van der Waals surface area contributed by atoms with Crippen molar-refractivity contribution in [1.29, 1.82) is 0 Å². The van der Waals surface area contributed by atoms with E-state index in [1.165, 1.54) is 28.8 Å². The van der Waals surface area contributed by atoms with Gasteiger partial charge in [-0.05, 0) is 68.1 Å². The van der Waals surface area contributed by atoms with Crippen molar-refractivity contribution in [2.45, 2.75) is 31.3 Å². The van der Waals surface area contributed by atoms with E-state index in [1.54, 1.807) is 28.0 Å². The van der Waals surface area contributed by atoms with Crippen molar-refractivity contribution >= 4 is 55.0 Å². The number of fused-ring (bicyclic) bond motifs is 3. The number of halogens is 1. The molecule has 2 aromatic carbocycles. The van der Waals surface area contributed by atoms with Crippen molar-refractivity contribution in [1.82, 2.24) is 9.55 Å². The zero-order valence-electron chi connectivity index (χ0n) is 18.3. The second kappa shape index (κ2) is 9.37. The highest BCUT2D eigenvalue weighted by atomic mass is 35.5. The van der Waals surface area contributed by atoms with Crippen LogP contribution in [0.25, 0.3) is 15.9 Å². The molecular weight excluding hydrogens is 512 g/mol. The number of thiophene rings is 1. The number of hydrogen-bond acceptors (Lipinski definition) is 7. The lowest BCUT2D eigenvalue weighted by molar-refractivity contribution is 0.488. The molecule has 176 valence electrons. The molecule has 0 saturated carbocycles. The van der Waals surface area contributed by atoms with Crippen molar-refractivity contribution in [2.24, 2.45) is 0 Å². The van der Waals surface area contributed by atoms with E-state index < -0.39 is 10.1 Å². The molecule has 2 heterocycles. The third kappa shape index (κ3) is 4.75. The number of nitrogens with zero attached hydrogens (tertiary/aromatic N) is 2. The molecule has 1 aliphatic rings. The average molecular weight is 533 g/mol. The van der Waals surface area contributed by atoms with Crippen molar-refractivity contribution in [3.63, 3.8) is 0 Å². The number of hydrogen-bond donors (Lipinski definition) is 0. The highest BCUT2D eigenvalue weighted by Crippen LogP contribution is 2.36. The van der Waals surface area contributed by atoms with Gasteiger partial charge < -0.3 is 4.18 Å². The van der Waals surface area contributed by atoms with Crippen LogP contribution in [0.2, 0.25) is 5.02 Å². The summed E-state index contributed by atoms with van der Waals surface area (Å²) in [6, 6.07) is 13.8. The molecule has 34 heavy (non-hydrogen) atoms. The number of aryl methyl sites for hydroxylation is 3. The highest BCUT2D eigenvalue weighted by molar-refractivity contribution is 8.00. The van der Waals surface area contributed by atoms with E-state index in [1.807, 2.05) is 31.2 Å². The average Bonchev–Trinajstić information content (AvgIpc) is 3.37. The Morgan fingerprint density at radius 2 is 1.85 bits per heavy atom. The van der Waals surface area contributed by atoms with Gasteiger partial charge in [-0.2, -0.15) is 8.42 Å². The first kappa shape index (κ1) is 23.4. The van der Waals surface area contributed by atoms with E-state index in [0.717, 1.165) is 35.2 Å². The van der Waals surface area contributed by atoms with E-state index in [2.05, 4.69) is 0 Å². The van der Waals surface area contributed by atoms with Gasteiger partial charge in [-0.25, -0.2) is 4.98 Å². The van der Waals surface area contributed by atoms with Gasteiger partial charge in [-0.3, -0.25) is 9.36 Å². The lowest BCUT2D eigenvalue weighted by Gasteiger charge is -2.13. The molecule has 0 saturated heterocycles. The maximum atomic E-state index is 13.6.